The van der Waals surface area contributed by atoms with Gasteiger partial charge >= 0.3 is 120 Å². The van der Waals surface area contributed by atoms with Crippen LogP contribution in [0.15, 0.2) is 30.3 Å². The molecule has 1 aromatic carbocycles. The molecule has 1 fully saturated rings. The summed E-state index contributed by atoms with van der Waals surface area (Å²) in [6, 6.07) is 10.3. The summed E-state index contributed by atoms with van der Waals surface area (Å²) in [5.74, 6) is 0. The van der Waals surface area contributed by atoms with Gasteiger partial charge in [-0.25, -0.2) is 0 Å². The van der Waals surface area contributed by atoms with E-state index in [0.29, 0.717) is 0 Å². The fourth-order valence-corrected chi connectivity index (χ4v) is 8.37. The second-order valence-corrected chi connectivity index (χ2v) is 13.8. The molecule has 2 rings (SSSR count). The van der Waals surface area contributed by atoms with Crippen LogP contribution in [0.5, 0.6) is 0 Å². The van der Waals surface area contributed by atoms with Gasteiger partial charge in [-0.05, 0) is 0 Å². The van der Waals surface area contributed by atoms with Crippen molar-refractivity contribution < 1.29 is 11.9 Å². The van der Waals surface area contributed by atoms with Gasteiger partial charge in [0.2, 0.25) is 0 Å². The van der Waals surface area contributed by atoms with Crippen molar-refractivity contribution in [3.8, 4) is 0 Å². The zero-order valence-electron chi connectivity index (χ0n) is 10.6. The Balaban J connectivity index is 2.33. The first-order valence-electron chi connectivity index (χ1n) is 5.79. The Morgan fingerprint density at radius 2 is 1.67 bits per heavy atom. The molecule has 102 valence electrons. The fourth-order valence-electron chi connectivity index (χ4n) is 1.98. The molecule has 0 N–H and O–H groups in total. The van der Waals surface area contributed by atoms with Gasteiger partial charge in [-0.3, -0.25) is 0 Å². The fraction of sp³-hybridized carbons (Fsp3) is 0.385. The van der Waals surface area contributed by atoms with E-state index in [9.17, 15) is 0 Å². The third kappa shape index (κ3) is 3.34. The van der Waals surface area contributed by atoms with Gasteiger partial charge < -0.3 is 0 Å². The van der Waals surface area contributed by atoms with Crippen molar-refractivity contribution in [2.75, 3.05) is 27.2 Å². The van der Waals surface area contributed by atoms with Gasteiger partial charge in [0.15, 0.2) is 0 Å². The van der Waals surface area contributed by atoms with E-state index in [4.69, 9.17) is 19.4 Å². The van der Waals surface area contributed by atoms with Crippen LogP contribution in [0.3, 0.4) is 0 Å². The Morgan fingerprint density at radius 1 is 1.11 bits per heavy atom. The molecule has 0 radical (unpaired) electrons. The first kappa shape index (κ1) is 14.5. The molecule has 2 nitrogen and oxygen atoms in total. The first-order chi connectivity index (χ1) is 8.50. The van der Waals surface area contributed by atoms with Gasteiger partial charge in [0, 0.05) is 0 Å². The minimum absolute atomic E-state index is 0.838. The summed E-state index contributed by atoms with van der Waals surface area (Å²) in [5.41, 5.74) is 1.26. The molecule has 1 heterocycles. The van der Waals surface area contributed by atoms with Gasteiger partial charge in [0.25, 0.3) is 0 Å². The van der Waals surface area contributed by atoms with Crippen molar-refractivity contribution in [1.29, 1.82) is 0 Å². The molecule has 1 aliphatic heterocycles. The maximum absolute atomic E-state index is 6.64. The SMILES string of the molecule is CN1CCN(C)[C]1=[Ru]([Cl])([Cl])=[CH]Cc1ccccc1. The van der Waals surface area contributed by atoms with Gasteiger partial charge in [-0.2, -0.15) is 0 Å². The normalized spacial score (nSPS) is 19.2. The summed E-state index contributed by atoms with van der Waals surface area (Å²) in [6.07, 6.45) is 0.838. The van der Waals surface area contributed by atoms with E-state index in [2.05, 4.69) is 40.6 Å². The average molecular weight is 374 g/mol. The predicted molar refractivity (Wildman–Crippen MR) is 78.2 cm³/mol. The Hall–Kier alpha value is 0.0834. The Morgan fingerprint density at radius 3 is 2.22 bits per heavy atom. The molecule has 1 saturated heterocycles. The van der Waals surface area contributed by atoms with Crippen LogP contribution in [0.4, 0.5) is 0 Å². The zero-order valence-corrected chi connectivity index (χ0v) is 13.8. The molecular weight excluding hydrogens is 356 g/mol. The molecule has 0 atom stereocenters. The second kappa shape index (κ2) is 6.02. The van der Waals surface area contributed by atoms with Gasteiger partial charge in [-0.15, -0.1) is 0 Å². The first-order valence-corrected chi connectivity index (χ1v) is 12.1. The van der Waals surface area contributed by atoms with E-state index < -0.39 is 11.9 Å². The molecule has 18 heavy (non-hydrogen) atoms. The van der Waals surface area contributed by atoms with Crippen LogP contribution in [-0.2, 0) is 18.3 Å². The molecule has 5 heteroatoms. The molecule has 0 amide bonds. The predicted octanol–water partition coefficient (Wildman–Crippen LogP) is 2.46. The number of benzene rings is 1. The molecule has 1 aromatic rings. The van der Waals surface area contributed by atoms with Crippen LogP contribution >= 0.6 is 19.4 Å². The van der Waals surface area contributed by atoms with E-state index >= 15 is 0 Å². The molecule has 0 aliphatic carbocycles. The topological polar surface area (TPSA) is 6.48 Å². The zero-order chi connectivity index (χ0) is 13.2. The van der Waals surface area contributed by atoms with E-state index in [1.807, 2.05) is 18.2 Å². The van der Waals surface area contributed by atoms with Crippen LogP contribution in [0.25, 0.3) is 0 Å². The molecule has 0 bridgehead atoms. The Labute approximate surface area is 119 Å². The number of hydrogen-bond acceptors (Lipinski definition) is 2. The second-order valence-electron chi connectivity index (χ2n) is 4.38. The van der Waals surface area contributed by atoms with E-state index in [1.54, 1.807) is 0 Å². The summed E-state index contributed by atoms with van der Waals surface area (Å²) in [6.45, 7) is 2.01. The minimum atomic E-state index is -2.84. The third-order valence-corrected chi connectivity index (χ3v) is 9.24. The maximum atomic E-state index is 6.64. The number of likely N-dealkylation sites (N-methyl/N-ethyl adjacent to an activating group) is 2. The van der Waals surface area contributed by atoms with Crippen molar-refractivity contribution in [2.24, 2.45) is 0 Å². The van der Waals surface area contributed by atoms with Gasteiger partial charge in [0.05, 0.1) is 0 Å². The molecule has 0 spiro atoms. The van der Waals surface area contributed by atoms with Crippen molar-refractivity contribution in [3.05, 3.63) is 35.9 Å². The van der Waals surface area contributed by atoms with Crippen LogP contribution in [0, 0.1) is 0 Å². The van der Waals surface area contributed by atoms with E-state index in [-0.39, 0.29) is 0 Å². The molecule has 0 saturated carbocycles. The number of nitrogens with zero attached hydrogens (tertiary/aromatic N) is 2. The van der Waals surface area contributed by atoms with Crippen molar-refractivity contribution >= 4 is 28.3 Å². The Bertz CT molecular complexity index is 513. The number of halogens is 2. The van der Waals surface area contributed by atoms with Crippen molar-refractivity contribution in [3.63, 3.8) is 0 Å². The summed E-state index contributed by atoms with van der Waals surface area (Å²) >= 11 is -2.84. The summed E-state index contributed by atoms with van der Waals surface area (Å²) < 4.78 is 3.26. The summed E-state index contributed by atoms with van der Waals surface area (Å²) in [5, 5.41) is 0. The number of rotatable bonds is 2. The van der Waals surface area contributed by atoms with Crippen LogP contribution in [0.2, 0.25) is 0 Å². The van der Waals surface area contributed by atoms with Crippen LogP contribution in [-0.4, -0.2) is 45.9 Å². The molecular formula is C13H18Cl2N2Ru. The van der Waals surface area contributed by atoms with E-state index in [1.165, 1.54) is 5.56 Å². The molecule has 1 aliphatic rings. The Kier molecular flexibility index (Phi) is 4.85. The van der Waals surface area contributed by atoms with Crippen molar-refractivity contribution in [1.82, 2.24) is 9.80 Å². The van der Waals surface area contributed by atoms with E-state index in [0.717, 1.165) is 23.9 Å². The quantitative estimate of drug-likeness (QED) is 0.734. The summed E-state index contributed by atoms with van der Waals surface area (Å²) in [7, 11) is 17.4. The monoisotopic (exact) mass is 374 g/mol. The van der Waals surface area contributed by atoms with Crippen LogP contribution < -0.4 is 0 Å². The summed E-state index contributed by atoms with van der Waals surface area (Å²) in [4.78, 5) is 4.38. The van der Waals surface area contributed by atoms with Crippen LogP contribution in [0.1, 0.15) is 5.56 Å². The average Bonchev–Trinajstić information content (AvgIpc) is 2.69. The molecule has 0 aromatic heterocycles. The van der Waals surface area contributed by atoms with Gasteiger partial charge in [-0.1, -0.05) is 0 Å². The number of hydrogen-bond donors (Lipinski definition) is 0. The third-order valence-electron chi connectivity index (χ3n) is 2.92. The van der Waals surface area contributed by atoms with Crippen molar-refractivity contribution in [2.45, 2.75) is 6.42 Å². The molecule has 0 unspecified atom stereocenters. The van der Waals surface area contributed by atoms with Gasteiger partial charge in [0.1, 0.15) is 0 Å². The standard InChI is InChI=1S/C8H8.C5H10N2.2ClH.Ru/c1-2-8-6-4-3-5-7-8;1-6-3-4-7(2)5-6;;;/h1,3-7H,2H2;3-4H2,1-2H3;2*1H;/q;;;;+2/p-2.